The average molecular weight is 321 g/mol. The maximum absolute atomic E-state index is 12.3. The topological polar surface area (TPSA) is 90.2 Å². The lowest BCUT2D eigenvalue weighted by Gasteiger charge is -2.36. The van der Waals surface area contributed by atoms with E-state index in [2.05, 4.69) is 16.0 Å². The molecule has 1 aromatic heterocycles. The van der Waals surface area contributed by atoms with Crippen LogP contribution >= 0.6 is 0 Å². The van der Waals surface area contributed by atoms with Crippen LogP contribution in [-0.4, -0.2) is 54.1 Å². The fourth-order valence-corrected chi connectivity index (χ4v) is 4.72. The Balaban J connectivity index is 1.67. The van der Waals surface area contributed by atoms with Crippen molar-refractivity contribution in [1.82, 2.24) is 14.3 Å². The van der Waals surface area contributed by atoms with E-state index in [0.29, 0.717) is 24.6 Å². The number of nitrogens with zero attached hydrogens (tertiary/aromatic N) is 5. The first-order valence-corrected chi connectivity index (χ1v) is 8.97. The van der Waals surface area contributed by atoms with Crippen LogP contribution in [0.15, 0.2) is 12.4 Å². The summed E-state index contributed by atoms with van der Waals surface area (Å²) in [5.41, 5.74) is 0.319. The number of rotatable bonds is 4. The molecule has 0 unspecified atom stereocenters. The normalized spacial score (nSPS) is 20.1. The zero-order chi connectivity index (χ0) is 15.7. The Morgan fingerprint density at radius 3 is 2.45 bits per heavy atom. The highest BCUT2D eigenvalue weighted by Crippen LogP contribution is 2.33. The first-order chi connectivity index (χ1) is 10.5. The fraction of sp³-hybridized carbons (Fsp3) is 0.643. The van der Waals surface area contributed by atoms with E-state index < -0.39 is 10.0 Å². The Morgan fingerprint density at radius 2 is 1.86 bits per heavy atom. The van der Waals surface area contributed by atoms with Crippen LogP contribution < -0.4 is 4.90 Å². The van der Waals surface area contributed by atoms with E-state index in [1.165, 1.54) is 6.20 Å². The van der Waals surface area contributed by atoms with Crippen LogP contribution in [-0.2, 0) is 10.0 Å². The van der Waals surface area contributed by atoms with Crippen molar-refractivity contribution >= 4 is 15.8 Å². The molecule has 0 spiro atoms. The molecule has 3 rings (SSSR count). The number of hydrogen-bond acceptors (Lipinski definition) is 6. The third-order valence-electron chi connectivity index (χ3n) is 4.41. The summed E-state index contributed by atoms with van der Waals surface area (Å²) in [6.07, 6.45) is 6.14. The van der Waals surface area contributed by atoms with Gasteiger partial charge in [0.15, 0.2) is 11.5 Å². The van der Waals surface area contributed by atoms with E-state index in [4.69, 9.17) is 5.26 Å². The highest BCUT2D eigenvalue weighted by molar-refractivity contribution is 7.90. The minimum Gasteiger partial charge on any atom is -0.354 e. The lowest BCUT2D eigenvalue weighted by Crippen LogP contribution is -2.46. The molecule has 1 aromatic rings. The first kappa shape index (κ1) is 15.2. The van der Waals surface area contributed by atoms with Gasteiger partial charge in [0, 0.05) is 38.6 Å². The number of hydrogen-bond donors (Lipinski definition) is 0. The molecule has 0 bridgehead atoms. The summed E-state index contributed by atoms with van der Waals surface area (Å²) in [4.78, 5) is 10.3. The molecule has 0 radical (unpaired) electrons. The largest absolute Gasteiger partial charge is 0.354 e. The van der Waals surface area contributed by atoms with Crippen molar-refractivity contribution in [3.05, 3.63) is 18.1 Å². The molecular weight excluding hydrogens is 302 g/mol. The number of sulfonamides is 1. The van der Waals surface area contributed by atoms with Crippen LogP contribution in [0.4, 0.5) is 5.82 Å². The van der Waals surface area contributed by atoms with Gasteiger partial charge in [-0.1, -0.05) is 0 Å². The van der Waals surface area contributed by atoms with Crippen molar-refractivity contribution in [2.24, 2.45) is 0 Å². The van der Waals surface area contributed by atoms with Crippen LogP contribution in [0, 0.1) is 11.3 Å². The smallest absolute Gasteiger partial charge is 0.216 e. The minimum atomic E-state index is -3.13. The number of aromatic nitrogens is 2. The quantitative estimate of drug-likeness (QED) is 0.812. The van der Waals surface area contributed by atoms with Crippen LogP contribution in [0.3, 0.4) is 0 Å². The second-order valence-corrected chi connectivity index (χ2v) is 8.09. The number of piperidine rings is 1. The van der Waals surface area contributed by atoms with Crippen molar-refractivity contribution in [1.29, 1.82) is 5.26 Å². The molecule has 118 valence electrons. The molecule has 2 aliphatic rings. The van der Waals surface area contributed by atoms with Gasteiger partial charge in [0.2, 0.25) is 10.0 Å². The number of nitriles is 1. The SMILES string of the molecule is CN(C1CCN(c2nccnc2C#N)CC1)S(=O)(=O)C1CC1. The Labute approximate surface area is 130 Å². The van der Waals surface area contributed by atoms with Gasteiger partial charge in [-0.05, 0) is 25.7 Å². The predicted molar refractivity (Wildman–Crippen MR) is 81.7 cm³/mol. The van der Waals surface area contributed by atoms with E-state index in [1.54, 1.807) is 17.5 Å². The lowest BCUT2D eigenvalue weighted by molar-refractivity contribution is 0.311. The summed E-state index contributed by atoms with van der Waals surface area (Å²) in [6, 6.07) is 2.08. The zero-order valence-electron chi connectivity index (χ0n) is 12.5. The third-order valence-corrected chi connectivity index (χ3v) is 6.82. The van der Waals surface area contributed by atoms with Crippen molar-refractivity contribution in [3.8, 4) is 6.07 Å². The van der Waals surface area contributed by atoms with Crippen LogP contribution in [0.2, 0.25) is 0 Å². The summed E-state index contributed by atoms with van der Waals surface area (Å²) in [7, 11) is -1.43. The van der Waals surface area contributed by atoms with E-state index in [-0.39, 0.29) is 11.3 Å². The van der Waals surface area contributed by atoms with Gasteiger partial charge < -0.3 is 4.90 Å². The zero-order valence-corrected chi connectivity index (χ0v) is 13.3. The van der Waals surface area contributed by atoms with E-state index in [1.807, 2.05) is 4.90 Å². The van der Waals surface area contributed by atoms with Gasteiger partial charge in [-0.25, -0.2) is 22.7 Å². The third kappa shape index (κ3) is 2.78. The molecule has 0 aromatic carbocycles. The van der Waals surface area contributed by atoms with Crippen LogP contribution in [0.25, 0.3) is 0 Å². The maximum Gasteiger partial charge on any atom is 0.216 e. The summed E-state index contributed by atoms with van der Waals surface area (Å²) in [6.45, 7) is 1.37. The molecule has 0 atom stereocenters. The Hall–Kier alpha value is -1.72. The molecule has 0 amide bonds. The lowest BCUT2D eigenvalue weighted by atomic mass is 10.1. The minimum absolute atomic E-state index is 0.0315. The Kier molecular flexibility index (Phi) is 4.02. The standard InChI is InChI=1S/C14H19N5O2S/c1-18(22(20,21)12-2-3-12)11-4-8-19(9-5-11)14-13(10-15)16-6-7-17-14/h6-7,11-12H,2-5,8-9H2,1H3. The summed E-state index contributed by atoms with van der Waals surface area (Å²) in [5.74, 6) is 0.594. The highest BCUT2D eigenvalue weighted by Gasteiger charge is 2.41. The molecule has 2 heterocycles. The average Bonchev–Trinajstić information content (AvgIpc) is 3.39. The molecule has 0 N–H and O–H groups in total. The molecule has 1 saturated heterocycles. The Bertz CT molecular complexity index is 687. The summed E-state index contributed by atoms with van der Waals surface area (Å²) < 4.78 is 26.1. The van der Waals surface area contributed by atoms with Crippen LogP contribution in [0.5, 0.6) is 0 Å². The monoisotopic (exact) mass is 321 g/mol. The summed E-state index contributed by atoms with van der Waals surface area (Å²) >= 11 is 0. The molecule has 2 fully saturated rings. The molecular formula is C14H19N5O2S. The summed E-state index contributed by atoms with van der Waals surface area (Å²) in [5, 5.41) is 8.93. The molecule has 8 heteroatoms. The van der Waals surface area contributed by atoms with E-state index >= 15 is 0 Å². The van der Waals surface area contributed by atoms with Gasteiger partial charge in [-0.15, -0.1) is 0 Å². The molecule has 1 saturated carbocycles. The van der Waals surface area contributed by atoms with Gasteiger partial charge in [0.25, 0.3) is 0 Å². The van der Waals surface area contributed by atoms with Gasteiger partial charge in [0.1, 0.15) is 6.07 Å². The molecule has 1 aliphatic heterocycles. The first-order valence-electron chi connectivity index (χ1n) is 7.47. The van der Waals surface area contributed by atoms with Crippen molar-refractivity contribution < 1.29 is 8.42 Å². The van der Waals surface area contributed by atoms with Crippen molar-refractivity contribution in [2.75, 3.05) is 25.0 Å². The second-order valence-electron chi connectivity index (χ2n) is 5.82. The molecule has 1 aliphatic carbocycles. The second kappa shape index (κ2) is 5.82. The maximum atomic E-state index is 12.3. The Morgan fingerprint density at radius 1 is 1.23 bits per heavy atom. The van der Waals surface area contributed by atoms with E-state index in [9.17, 15) is 8.42 Å². The predicted octanol–water partition coefficient (Wildman–Crippen LogP) is 0.741. The highest BCUT2D eigenvalue weighted by atomic mass is 32.2. The van der Waals surface area contributed by atoms with Gasteiger partial charge in [0.05, 0.1) is 5.25 Å². The van der Waals surface area contributed by atoms with Gasteiger partial charge >= 0.3 is 0 Å². The van der Waals surface area contributed by atoms with Crippen LogP contribution in [0.1, 0.15) is 31.4 Å². The van der Waals surface area contributed by atoms with Crippen molar-refractivity contribution in [3.63, 3.8) is 0 Å². The molecule has 22 heavy (non-hydrogen) atoms. The van der Waals surface area contributed by atoms with Gasteiger partial charge in [-0.3, -0.25) is 0 Å². The van der Waals surface area contributed by atoms with Crippen molar-refractivity contribution in [2.45, 2.75) is 37.0 Å². The molecule has 7 nitrogen and oxygen atoms in total. The number of anilines is 1. The van der Waals surface area contributed by atoms with Gasteiger partial charge in [-0.2, -0.15) is 5.26 Å². The fourth-order valence-electron chi connectivity index (χ4n) is 2.89. The van der Waals surface area contributed by atoms with E-state index in [0.717, 1.165) is 25.7 Å².